The lowest BCUT2D eigenvalue weighted by atomic mass is 10.1. The third kappa shape index (κ3) is 4.09. The maximum absolute atomic E-state index is 12.9. The minimum Gasteiger partial charge on any atom is -0.459 e. The van der Waals surface area contributed by atoms with Crippen LogP contribution in [0, 0.1) is 0 Å². The number of esters is 1. The number of rotatable bonds is 4. The number of carbonyl (C=O) groups is 2. The van der Waals surface area contributed by atoms with Crippen molar-refractivity contribution >= 4 is 41.0 Å². The first-order valence-electron chi connectivity index (χ1n) is 8.54. The molecule has 0 fully saturated rings. The monoisotopic (exact) mass is 382 g/mol. The number of hydrazone groups is 1. The van der Waals surface area contributed by atoms with E-state index in [9.17, 15) is 9.59 Å². The highest BCUT2D eigenvalue weighted by Crippen LogP contribution is 2.29. The number of amides is 1. The van der Waals surface area contributed by atoms with Gasteiger partial charge in [0.1, 0.15) is 0 Å². The average molecular weight is 383 g/mol. The van der Waals surface area contributed by atoms with E-state index < -0.39 is 5.97 Å². The molecule has 3 rings (SSSR count). The topological polar surface area (TPSA) is 59.0 Å². The number of nitrogens with zero attached hydrogens (tertiary/aromatic N) is 2. The number of carbonyl (C=O) groups excluding carboxylic acids is 2. The summed E-state index contributed by atoms with van der Waals surface area (Å²) in [4.78, 5) is 25.1. The third-order valence-electron chi connectivity index (χ3n) is 3.93. The van der Waals surface area contributed by atoms with Gasteiger partial charge in [0.25, 0.3) is 5.91 Å². The summed E-state index contributed by atoms with van der Waals surface area (Å²) < 4.78 is 5.21. The number of hydrogen-bond donors (Lipinski definition) is 0. The van der Waals surface area contributed by atoms with Gasteiger partial charge in [-0.25, -0.2) is 4.79 Å². The fraction of sp³-hybridized carbons (Fsp3) is 0.190. The second-order valence-electron chi connectivity index (χ2n) is 6.39. The Hall–Kier alpha value is -2.92. The van der Waals surface area contributed by atoms with Crippen LogP contribution in [0.25, 0.3) is 6.08 Å². The lowest BCUT2D eigenvalue weighted by molar-refractivity contribution is -0.114. The summed E-state index contributed by atoms with van der Waals surface area (Å²) in [5.74, 6) is -0.800. The molecule has 2 aromatic rings. The predicted octanol–water partition coefficient (Wildman–Crippen LogP) is 4.71. The zero-order chi connectivity index (χ0) is 19.6. The zero-order valence-corrected chi connectivity index (χ0v) is 16.0. The number of benzene rings is 2. The van der Waals surface area contributed by atoms with Gasteiger partial charge in [0.2, 0.25) is 0 Å². The molecule has 2 aromatic carbocycles. The highest BCUT2D eigenvalue weighted by Gasteiger charge is 2.29. The van der Waals surface area contributed by atoms with Crippen LogP contribution in [0.3, 0.4) is 0 Å². The van der Waals surface area contributed by atoms with E-state index >= 15 is 0 Å². The van der Waals surface area contributed by atoms with Crippen molar-refractivity contribution in [3.05, 3.63) is 70.3 Å². The molecule has 0 N–H and O–H groups in total. The molecule has 1 amide bonds. The summed E-state index contributed by atoms with van der Waals surface area (Å²) in [5, 5.41) is 5.88. The van der Waals surface area contributed by atoms with Crippen LogP contribution in [0.15, 0.2) is 59.2 Å². The molecule has 0 radical (unpaired) electrons. The third-order valence-corrected chi connectivity index (χ3v) is 4.26. The van der Waals surface area contributed by atoms with E-state index in [0.29, 0.717) is 17.0 Å². The molecule has 27 heavy (non-hydrogen) atoms. The van der Waals surface area contributed by atoms with Crippen LogP contribution in [-0.4, -0.2) is 23.7 Å². The molecule has 138 valence electrons. The standard InChI is InChI=1S/C21H19ClN2O3/c1-13(2)27-21(26)18-12-16(9-10-19(18)22)24-20(25)17(14(3)23-24)11-15-7-5-4-6-8-15/h4-13H,1-3H3/b17-11-. The van der Waals surface area contributed by atoms with Gasteiger partial charge in [-0.3, -0.25) is 4.79 Å². The molecular weight excluding hydrogens is 364 g/mol. The van der Waals surface area contributed by atoms with Crippen molar-refractivity contribution in [3.63, 3.8) is 0 Å². The van der Waals surface area contributed by atoms with Crippen molar-refractivity contribution in [2.24, 2.45) is 5.10 Å². The Bertz CT molecular complexity index is 949. The van der Waals surface area contributed by atoms with Gasteiger partial charge in [-0.2, -0.15) is 10.1 Å². The van der Waals surface area contributed by atoms with Crippen molar-refractivity contribution in [1.29, 1.82) is 0 Å². The summed E-state index contributed by atoms with van der Waals surface area (Å²) in [7, 11) is 0. The summed E-state index contributed by atoms with van der Waals surface area (Å²) in [6.07, 6.45) is 1.52. The second-order valence-corrected chi connectivity index (χ2v) is 6.80. The smallest absolute Gasteiger partial charge is 0.339 e. The van der Waals surface area contributed by atoms with E-state index in [-0.39, 0.29) is 22.6 Å². The first-order valence-corrected chi connectivity index (χ1v) is 8.92. The van der Waals surface area contributed by atoms with Crippen molar-refractivity contribution in [2.45, 2.75) is 26.9 Å². The zero-order valence-electron chi connectivity index (χ0n) is 15.3. The minimum atomic E-state index is -0.538. The van der Waals surface area contributed by atoms with Crippen molar-refractivity contribution in [2.75, 3.05) is 5.01 Å². The maximum Gasteiger partial charge on any atom is 0.339 e. The summed E-state index contributed by atoms with van der Waals surface area (Å²) in [5.41, 5.74) is 2.67. The van der Waals surface area contributed by atoms with Gasteiger partial charge in [0, 0.05) is 0 Å². The number of hydrogen-bond acceptors (Lipinski definition) is 4. The van der Waals surface area contributed by atoms with Crippen LogP contribution in [0.2, 0.25) is 5.02 Å². The quantitative estimate of drug-likeness (QED) is 0.568. The number of anilines is 1. The lowest BCUT2D eigenvalue weighted by Gasteiger charge is -2.14. The van der Waals surface area contributed by atoms with Gasteiger partial charge in [-0.05, 0) is 50.6 Å². The van der Waals surface area contributed by atoms with Gasteiger partial charge >= 0.3 is 5.97 Å². The lowest BCUT2D eigenvalue weighted by Crippen LogP contribution is -2.22. The van der Waals surface area contributed by atoms with Gasteiger partial charge in [-0.1, -0.05) is 41.9 Å². The number of ether oxygens (including phenoxy) is 1. The van der Waals surface area contributed by atoms with E-state index in [1.165, 1.54) is 11.1 Å². The molecule has 0 saturated heterocycles. The normalized spacial score (nSPS) is 15.4. The molecule has 1 aliphatic rings. The largest absolute Gasteiger partial charge is 0.459 e. The van der Waals surface area contributed by atoms with Crippen molar-refractivity contribution < 1.29 is 14.3 Å². The van der Waals surface area contributed by atoms with Crippen LogP contribution in [0.4, 0.5) is 5.69 Å². The summed E-state index contributed by atoms with van der Waals surface area (Å²) in [6.45, 7) is 5.29. The fourth-order valence-corrected chi connectivity index (χ4v) is 2.85. The molecule has 6 heteroatoms. The first kappa shape index (κ1) is 18.9. The average Bonchev–Trinajstić information content (AvgIpc) is 2.90. The SMILES string of the molecule is CC1=NN(c2ccc(Cl)c(C(=O)OC(C)C)c2)C(=O)/C1=C\c1ccccc1. The van der Waals surface area contributed by atoms with Crippen LogP contribution in [0.5, 0.6) is 0 Å². The van der Waals surface area contributed by atoms with Crippen LogP contribution < -0.4 is 5.01 Å². The van der Waals surface area contributed by atoms with Gasteiger partial charge < -0.3 is 4.74 Å². The molecule has 0 saturated carbocycles. The van der Waals surface area contributed by atoms with Gasteiger partial charge in [-0.15, -0.1) is 0 Å². The molecule has 0 spiro atoms. The minimum absolute atomic E-state index is 0.198. The van der Waals surface area contributed by atoms with Gasteiger partial charge in [0.15, 0.2) is 0 Å². The molecular formula is C21H19ClN2O3. The molecule has 0 aliphatic carbocycles. The Morgan fingerprint density at radius 1 is 1.19 bits per heavy atom. The Morgan fingerprint density at radius 2 is 1.89 bits per heavy atom. The molecule has 1 heterocycles. The Kier molecular flexibility index (Phi) is 5.42. The molecule has 0 atom stereocenters. The van der Waals surface area contributed by atoms with Crippen molar-refractivity contribution in [1.82, 2.24) is 0 Å². The molecule has 5 nitrogen and oxygen atoms in total. The molecule has 0 unspecified atom stereocenters. The second kappa shape index (κ2) is 7.76. The predicted molar refractivity (Wildman–Crippen MR) is 107 cm³/mol. The van der Waals surface area contributed by atoms with Crippen LogP contribution in [0.1, 0.15) is 36.7 Å². The number of halogens is 1. The summed E-state index contributed by atoms with van der Waals surface area (Å²) >= 11 is 6.13. The highest BCUT2D eigenvalue weighted by atomic mass is 35.5. The van der Waals surface area contributed by atoms with E-state index in [2.05, 4.69) is 5.10 Å². The van der Waals surface area contributed by atoms with Crippen molar-refractivity contribution in [3.8, 4) is 0 Å². The Labute approximate surface area is 162 Å². The molecule has 0 bridgehead atoms. The van der Waals surface area contributed by atoms with Crippen LogP contribution >= 0.6 is 11.6 Å². The van der Waals surface area contributed by atoms with E-state index in [0.717, 1.165) is 5.56 Å². The Balaban J connectivity index is 1.93. The maximum atomic E-state index is 12.9. The first-order chi connectivity index (χ1) is 12.9. The van der Waals surface area contributed by atoms with E-state index in [4.69, 9.17) is 16.3 Å². The fourth-order valence-electron chi connectivity index (χ4n) is 2.65. The highest BCUT2D eigenvalue weighted by molar-refractivity contribution is 6.34. The van der Waals surface area contributed by atoms with E-state index in [1.807, 2.05) is 30.3 Å². The molecule has 0 aromatic heterocycles. The van der Waals surface area contributed by atoms with Crippen LogP contribution in [-0.2, 0) is 9.53 Å². The molecule has 1 aliphatic heterocycles. The van der Waals surface area contributed by atoms with Gasteiger partial charge in [0.05, 0.1) is 33.7 Å². The Morgan fingerprint density at radius 3 is 2.56 bits per heavy atom. The van der Waals surface area contributed by atoms with E-state index in [1.54, 1.807) is 39.0 Å². The summed E-state index contributed by atoms with van der Waals surface area (Å²) in [6, 6.07) is 14.3.